The van der Waals surface area contributed by atoms with Gasteiger partial charge in [0, 0.05) is 23.5 Å². The van der Waals surface area contributed by atoms with Crippen LogP contribution in [-0.2, 0) is 0 Å². The molecule has 0 atom stereocenters. The van der Waals surface area contributed by atoms with Crippen LogP contribution in [0.5, 0.6) is 5.75 Å². The molecular formula is C14H10F3N5O. The van der Waals surface area contributed by atoms with Crippen molar-refractivity contribution in [3.05, 3.63) is 49.1 Å². The third kappa shape index (κ3) is 3.96. The Kier molecular flexibility index (Phi) is 3.83. The summed E-state index contributed by atoms with van der Waals surface area (Å²) in [5.41, 5.74) is 2.02. The number of alkyl halides is 3. The molecule has 0 aliphatic rings. The maximum atomic E-state index is 12.1. The minimum Gasteiger partial charge on any atom is -0.406 e. The van der Waals surface area contributed by atoms with Gasteiger partial charge in [0.05, 0.1) is 11.9 Å². The highest BCUT2D eigenvalue weighted by atomic mass is 19.4. The molecule has 0 radical (unpaired) electrons. The maximum absolute atomic E-state index is 12.1. The molecule has 3 aromatic rings. The lowest BCUT2D eigenvalue weighted by Crippen LogP contribution is -2.16. The summed E-state index contributed by atoms with van der Waals surface area (Å²) in [6.45, 7) is 0. The zero-order valence-corrected chi connectivity index (χ0v) is 11.5. The maximum Gasteiger partial charge on any atom is 0.573 e. The zero-order valence-electron chi connectivity index (χ0n) is 11.5. The van der Waals surface area contributed by atoms with Gasteiger partial charge in [0.2, 0.25) is 0 Å². The van der Waals surface area contributed by atoms with Crippen LogP contribution in [0.2, 0.25) is 0 Å². The number of anilines is 2. The van der Waals surface area contributed by atoms with Crippen LogP contribution in [0.4, 0.5) is 24.7 Å². The lowest BCUT2D eigenvalue weighted by atomic mass is 10.2. The van der Waals surface area contributed by atoms with E-state index in [1.165, 1.54) is 30.6 Å². The summed E-state index contributed by atoms with van der Waals surface area (Å²) in [5.74, 6) is 0.213. The highest BCUT2D eigenvalue weighted by Gasteiger charge is 2.30. The van der Waals surface area contributed by atoms with E-state index in [9.17, 15) is 13.2 Å². The second-order valence-electron chi connectivity index (χ2n) is 4.47. The van der Waals surface area contributed by atoms with E-state index in [1.807, 2.05) is 0 Å². The number of hydrogen-bond donors (Lipinski definition) is 2. The van der Waals surface area contributed by atoms with E-state index in [2.05, 4.69) is 30.2 Å². The lowest BCUT2D eigenvalue weighted by Gasteiger charge is -2.10. The van der Waals surface area contributed by atoms with E-state index in [0.717, 1.165) is 5.56 Å². The molecule has 2 N–H and O–H groups in total. The summed E-state index contributed by atoms with van der Waals surface area (Å²) in [5, 5.41) is 9.50. The number of ether oxygens (including phenoxy) is 1. The van der Waals surface area contributed by atoms with Gasteiger partial charge in [-0.05, 0) is 24.3 Å². The van der Waals surface area contributed by atoms with Crippen LogP contribution in [0.15, 0.2) is 49.1 Å². The number of aromatic amines is 1. The third-order valence-electron chi connectivity index (χ3n) is 2.82. The monoisotopic (exact) mass is 321 g/mol. The van der Waals surface area contributed by atoms with Gasteiger partial charge in [0.1, 0.15) is 17.9 Å². The van der Waals surface area contributed by atoms with Crippen LogP contribution in [0.25, 0.3) is 11.3 Å². The van der Waals surface area contributed by atoms with Crippen LogP contribution in [-0.4, -0.2) is 26.5 Å². The number of H-pyrrole nitrogens is 1. The molecule has 0 aliphatic carbocycles. The quantitative estimate of drug-likeness (QED) is 0.769. The predicted octanol–water partition coefficient (Wildman–Crippen LogP) is 3.51. The van der Waals surface area contributed by atoms with Crippen molar-refractivity contribution in [1.29, 1.82) is 0 Å². The first kappa shape index (κ1) is 14.8. The molecule has 9 heteroatoms. The smallest absolute Gasteiger partial charge is 0.406 e. The largest absolute Gasteiger partial charge is 0.573 e. The van der Waals surface area contributed by atoms with Gasteiger partial charge in [-0.15, -0.1) is 13.2 Å². The first-order valence-electron chi connectivity index (χ1n) is 6.44. The van der Waals surface area contributed by atoms with Gasteiger partial charge in [-0.25, -0.2) is 9.97 Å². The van der Waals surface area contributed by atoms with E-state index < -0.39 is 6.36 Å². The van der Waals surface area contributed by atoms with Crippen LogP contribution in [0, 0.1) is 0 Å². The number of nitrogens with one attached hydrogen (secondary N) is 2. The second kappa shape index (κ2) is 5.95. The van der Waals surface area contributed by atoms with Gasteiger partial charge in [0.25, 0.3) is 0 Å². The molecule has 6 nitrogen and oxygen atoms in total. The standard InChI is InChI=1S/C14H10F3N5O/c15-14(16,17)23-11-3-1-10(2-4-11)22-13-5-12(18-8-19-13)9-6-20-21-7-9/h1-8H,(H,20,21)(H,18,19,22). The molecule has 23 heavy (non-hydrogen) atoms. The van der Waals surface area contributed by atoms with Crippen molar-refractivity contribution in [3.63, 3.8) is 0 Å². The molecule has 0 unspecified atom stereocenters. The van der Waals surface area contributed by atoms with Crippen LogP contribution in [0.1, 0.15) is 0 Å². The van der Waals surface area contributed by atoms with E-state index in [1.54, 1.807) is 18.5 Å². The Hall–Kier alpha value is -3.10. The summed E-state index contributed by atoms with van der Waals surface area (Å²) in [4.78, 5) is 8.18. The van der Waals surface area contributed by atoms with Crippen molar-refractivity contribution in [2.24, 2.45) is 0 Å². The molecule has 0 saturated heterocycles. The predicted molar refractivity (Wildman–Crippen MR) is 76.0 cm³/mol. The third-order valence-corrected chi connectivity index (χ3v) is 2.82. The number of benzene rings is 1. The van der Waals surface area contributed by atoms with Gasteiger partial charge >= 0.3 is 6.36 Å². The fourth-order valence-electron chi connectivity index (χ4n) is 1.86. The summed E-state index contributed by atoms with van der Waals surface area (Å²) in [6, 6.07) is 7.05. The normalized spacial score (nSPS) is 11.3. The Labute approximate surface area is 128 Å². The minimum absolute atomic E-state index is 0.287. The van der Waals surface area contributed by atoms with Crippen LogP contribution in [0.3, 0.4) is 0 Å². The lowest BCUT2D eigenvalue weighted by molar-refractivity contribution is -0.274. The number of aromatic nitrogens is 4. The fourth-order valence-corrected chi connectivity index (χ4v) is 1.86. The Morgan fingerprint density at radius 3 is 2.52 bits per heavy atom. The van der Waals surface area contributed by atoms with Crippen molar-refractivity contribution >= 4 is 11.5 Å². The molecule has 0 spiro atoms. The van der Waals surface area contributed by atoms with Gasteiger partial charge in [-0.1, -0.05) is 0 Å². The Balaban J connectivity index is 1.73. The molecule has 0 fully saturated rings. The SMILES string of the molecule is FC(F)(F)Oc1ccc(Nc2cc(-c3cn[nH]c3)ncn2)cc1. The van der Waals surface area contributed by atoms with Crippen molar-refractivity contribution in [2.45, 2.75) is 6.36 Å². The molecule has 118 valence electrons. The number of hydrogen-bond acceptors (Lipinski definition) is 5. The van der Waals surface area contributed by atoms with Gasteiger partial charge < -0.3 is 10.1 Å². The molecule has 0 aliphatic heterocycles. The molecular weight excluding hydrogens is 311 g/mol. The molecule has 0 amide bonds. The number of nitrogens with zero attached hydrogens (tertiary/aromatic N) is 3. The fraction of sp³-hybridized carbons (Fsp3) is 0.0714. The van der Waals surface area contributed by atoms with Gasteiger partial charge in [-0.3, -0.25) is 5.10 Å². The Morgan fingerprint density at radius 1 is 1.09 bits per heavy atom. The Morgan fingerprint density at radius 2 is 1.87 bits per heavy atom. The molecule has 3 rings (SSSR count). The average molecular weight is 321 g/mol. The van der Waals surface area contributed by atoms with E-state index >= 15 is 0 Å². The molecule has 2 aromatic heterocycles. The highest BCUT2D eigenvalue weighted by molar-refractivity contribution is 5.64. The summed E-state index contributed by atoms with van der Waals surface area (Å²) >= 11 is 0. The highest BCUT2D eigenvalue weighted by Crippen LogP contribution is 2.25. The van der Waals surface area contributed by atoms with Gasteiger partial charge in [-0.2, -0.15) is 5.10 Å². The molecule has 2 heterocycles. The first-order valence-corrected chi connectivity index (χ1v) is 6.44. The average Bonchev–Trinajstić information content (AvgIpc) is 3.02. The van der Waals surface area contributed by atoms with Crippen molar-refractivity contribution in [3.8, 4) is 17.0 Å². The van der Waals surface area contributed by atoms with E-state index in [0.29, 0.717) is 17.2 Å². The van der Waals surface area contributed by atoms with Crippen molar-refractivity contribution in [2.75, 3.05) is 5.32 Å². The summed E-state index contributed by atoms with van der Waals surface area (Å²) < 4.78 is 40.1. The topological polar surface area (TPSA) is 75.7 Å². The first-order chi connectivity index (χ1) is 11.0. The Bertz CT molecular complexity index is 772. The van der Waals surface area contributed by atoms with E-state index in [4.69, 9.17) is 0 Å². The zero-order chi connectivity index (χ0) is 16.3. The number of rotatable bonds is 4. The summed E-state index contributed by atoms with van der Waals surface area (Å²) in [6.07, 6.45) is -0.0162. The molecule has 0 saturated carbocycles. The van der Waals surface area contributed by atoms with E-state index in [-0.39, 0.29) is 5.75 Å². The molecule has 0 bridgehead atoms. The molecule has 1 aromatic carbocycles. The van der Waals surface area contributed by atoms with Crippen molar-refractivity contribution < 1.29 is 17.9 Å². The van der Waals surface area contributed by atoms with Gasteiger partial charge in [0.15, 0.2) is 0 Å². The van der Waals surface area contributed by atoms with Crippen LogP contribution >= 0.6 is 0 Å². The summed E-state index contributed by atoms with van der Waals surface area (Å²) in [7, 11) is 0. The second-order valence-corrected chi connectivity index (χ2v) is 4.47. The minimum atomic E-state index is -4.71. The van der Waals surface area contributed by atoms with Crippen molar-refractivity contribution in [1.82, 2.24) is 20.2 Å². The number of halogens is 3. The van der Waals surface area contributed by atoms with Crippen LogP contribution < -0.4 is 10.1 Å².